The number of nitrogens with zero attached hydrogens (tertiary/aromatic N) is 1. The van der Waals surface area contributed by atoms with Gasteiger partial charge in [0, 0.05) is 23.5 Å². The van der Waals surface area contributed by atoms with Gasteiger partial charge in [-0.1, -0.05) is 25.1 Å². The molecule has 0 saturated heterocycles. The van der Waals surface area contributed by atoms with Crippen LogP contribution in [0, 0.1) is 0 Å². The van der Waals surface area contributed by atoms with Gasteiger partial charge in [-0.25, -0.2) is 0 Å². The molecule has 1 heterocycles. The van der Waals surface area contributed by atoms with Gasteiger partial charge < -0.3 is 10.6 Å². The Kier molecular flexibility index (Phi) is 3.65. The molecule has 21 heavy (non-hydrogen) atoms. The number of amides is 1. The van der Waals surface area contributed by atoms with Crippen LogP contribution >= 0.6 is 0 Å². The van der Waals surface area contributed by atoms with Gasteiger partial charge in [0.1, 0.15) is 0 Å². The maximum absolute atomic E-state index is 12.9. The first kappa shape index (κ1) is 13.7. The molecular weight excluding hydrogens is 260 g/mol. The number of aryl methyl sites for hydroxylation is 2. The number of anilines is 2. The normalized spacial score (nSPS) is 13.9. The standard InChI is InChI=1S/C18H20N2O/c1-2-13-6-3-4-8-16(13)18(21)20-11-5-7-14-12-15(19)9-10-17(14)20/h3-4,6,8-10,12H,2,5,7,11,19H2,1H3. The topological polar surface area (TPSA) is 46.3 Å². The van der Waals surface area contributed by atoms with Crippen LogP contribution in [-0.4, -0.2) is 12.5 Å². The van der Waals surface area contributed by atoms with Gasteiger partial charge in [0.05, 0.1) is 0 Å². The van der Waals surface area contributed by atoms with Crippen molar-refractivity contribution in [2.75, 3.05) is 17.2 Å². The van der Waals surface area contributed by atoms with Crippen LogP contribution in [0.1, 0.15) is 34.8 Å². The molecule has 0 saturated carbocycles. The Morgan fingerprint density at radius 2 is 2.05 bits per heavy atom. The van der Waals surface area contributed by atoms with E-state index in [2.05, 4.69) is 6.92 Å². The Hall–Kier alpha value is -2.29. The van der Waals surface area contributed by atoms with Crippen molar-refractivity contribution in [1.82, 2.24) is 0 Å². The van der Waals surface area contributed by atoms with Gasteiger partial charge in [-0.3, -0.25) is 4.79 Å². The van der Waals surface area contributed by atoms with Crippen LogP contribution in [0.15, 0.2) is 42.5 Å². The largest absolute Gasteiger partial charge is 0.399 e. The van der Waals surface area contributed by atoms with Crippen molar-refractivity contribution in [3.05, 3.63) is 59.2 Å². The number of rotatable bonds is 2. The average Bonchev–Trinajstić information content (AvgIpc) is 2.53. The molecule has 1 amide bonds. The summed E-state index contributed by atoms with van der Waals surface area (Å²) in [4.78, 5) is 14.8. The predicted octanol–water partition coefficient (Wildman–Crippen LogP) is 3.42. The lowest BCUT2D eigenvalue weighted by atomic mass is 9.98. The summed E-state index contributed by atoms with van der Waals surface area (Å²) in [5, 5.41) is 0. The molecule has 3 rings (SSSR count). The quantitative estimate of drug-likeness (QED) is 0.857. The molecule has 0 radical (unpaired) electrons. The maximum atomic E-state index is 12.9. The molecule has 3 nitrogen and oxygen atoms in total. The average molecular weight is 280 g/mol. The van der Waals surface area contributed by atoms with Crippen molar-refractivity contribution in [3.8, 4) is 0 Å². The minimum Gasteiger partial charge on any atom is -0.399 e. The molecule has 0 atom stereocenters. The first-order valence-electron chi connectivity index (χ1n) is 7.49. The molecule has 0 aromatic heterocycles. The van der Waals surface area contributed by atoms with E-state index in [0.29, 0.717) is 0 Å². The second-order valence-corrected chi connectivity index (χ2v) is 5.46. The highest BCUT2D eigenvalue weighted by Gasteiger charge is 2.24. The number of carbonyl (C=O) groups is 1. The van der Waals surface area contributed by atoms with E-state index in [9.17, 15) is 4.79 Å². The number of hydrogen-bond acceptors (Lipinski definition) is 2. The molecule has 3 heteroatoms. The first-order valence-corrected chi connectivity index (χ1v) is 7.49. The summed E-state index contributed by atoms with van der Waals surface area (Å²) in [6.45, 7) is 2.85. The zero-order valence-corrected chi connectivity index (χ0v) is 12.3. The van der Waals surface area contributed by atoms with Crippen molar-refractivity contribution in [2.45, 2.75) is 26.2 Å². The van der Waals surface area contributed by atoms with E-state index in [4.69, 9.17) is 5.73 Å². The van der Waals surface area contributed by atoms with Crippen LogP contribution in [0.3, 0.4) is 0 Å². The Balaban J connectivity index is 2.00. The number of fused-ring (bicyclic) bond motifs is 1. The summed E-state index contributed by atoms with van der Waals surface area (Å²) in [6.07, 6.45) is 2.83. The number of carbonyl (C=O) groups excluding carboxylic acids is 1. The van der Waals surface area contributed by atoms with Crippen molar-refractivity contribution in [2.24, 2.45) is 0 Å². The fraction of sp³-hybridized carbons (Fsp3) is 0.278. The summed E-state index contributed by atoms with van der Waals surface area (Å²) < 4.78 is 0. The third-order valence-electron chi connectivity index (χ3n) is 4.10. The minimum absolute atomic E-state index is 0.0955. The number of hydrogen-bond donors (Lipinski definition) is 1. The Morgan fingerprint density at radius 1 is 1.24 bits per heavy atom. The van der Waals surface area contributed by atoms with E-state index in [0.717, 1.165) is 48.3 Å². The molecule has 0 fully saturated rings. The third kappa shape index (κ3) is 2.51. The molecule has 1 aliphatic rings. The summed E-state index contributed by atoms with van der Waals surface area (Å²) in [5.74, 6) is 0.0955. The van der Waals surface area contributed by atoms with Crippen molar-refractivity contribution in [1.29, 1.82) is 0 Å². The lowest BCUT2D eigenvalue weighted by Crippen LogP contribution is -2.36. The van der Waals surface area contributed by atoms with Gasteiger partial charge in [0.25, 0.3) is 5.91 Å². The predicted molar refractivity (Wildman–Crippen MR) is 86.7 cm³/mol. The van der Waals surface area contributed by atoms with Gasteiger partial charge in [0.15, 0.2) is 0 Å². The van der Waals surface area contributed by atoms with E-state index < -0.39 is 0 Å². The number of nitrogens with two attached hydrogens (primary N) is 1. The van der Waals surface area contributed by atoms with Crippen LogP contribution in [0.4, 0.5) is 11.4 Å². The molecule has 108 valence electrons. The molecule has 1 aliphatic heterocycles. The highest BCUT2D eigenvalue weighted by atomic mass is 16.2. The highest BCUT2D eigenvalue weighted by molar-refractivity contribution is 6.07. The third-order valence-corrected chi connectivity index (χ3v) is 4.10. The zero-order chi connectivity index (χ0) is 14.8. The molecule has 2 aromatic rings. The molecule has 0 unspecified atom stereocenters. The van der Waals surface area contributed by atoms with Crippen molar-refractivity contribution < 1.29 is 4.79 Å². The summed E-state index contributed by atoms with van der Waals surface area (Å²) in [5.41, 5.74) is 10.7. The van der Waals surface area contributed by atoms with E-state index in [-0.39, 0.29) is 5.91 Å². The smallest absolute Gasteiger partial charge is 0.258 e. The fourth-order valence-corrected chi connectivity index (χ4v) is 3.01. The molecule has 2 N–H and O–H groups in total. The lowest BCUT2D eigenvalue weighted by Gasteiger charge is -2.30. The lowest BCUT2D eigenvalue weighted by molar-refractivity contribution is 0.0984. The Labute approximate surface area is 125 Å². The van der Waals surface area contributed by atoms with Crippen LogP contribution < -0.4 is 10.6 Å². The molecule has 0 bridgehead atoms. The molecule has 0 aliphatic carbocycles. The Morgan fingerprint density at radius 3 is 2.86 bits per heavy atom. The number of nitrogen functional groups attached to an aromatic ring is 1. The second-order valence-electron chi connectivity index (χ2n) is 5.46. The van der Waals surface area contributed by atoms with Crippen LogP contribution in [0.25, 0.3) is 0 Å². The van der Waals surface area contributed by atoms with Gasteiger partial charge in [-0.15, -0.1) is 0 Å². The van der Waals surface area contributed by atoms with Crippen LogP contribution in [0.2, 0.25) is 0 Å². The van der Waals surface area contributed by atoms with Crippen LogP contribution in [0.5, 0.6) is 0 Å². The monoisotopic (exact) mass is 280 g/mol. The highest BCUT2D eigenvalue weighted by Crippen LogP contribution is 2.30. The van der Waals surface area contributed by atoms with Crippen molar-refractivity contribution >= 4 is 17.3 Å². The maximum Gasteiger partial charge on any atom is 0.258 e. The first-order chi connectivity index (χ1) is 10.2. The van der Waals surface area contributed by atoms with Gasteiger partial charge in [-0.2, -0.15) is 0 Å². The fourth-order valence-electron chi connectivity index (χ4n) is 3.01. The van der Waals surface area contributed by atoms with Gasteiger partial charge >= 0.3 is 0 Å². The Bertz CT molecular complexity index is 679. The van der Waals surface area contributed by atoms with Crippen LogP contribution in [-0.2, 0) is 12.8 Å². The van der Waals surface area contributed by atoms with Crippen molar-refractivity contribution in [3.63, 3.8) is 0 Å². The SMILES string of the molecule is CCc1ccccc1C(=O)N1CCCc2cc(N)ccc21. The van der Waals surface area contributed by atoms with E-state index in [1.54, 1.807) is 0 Å². The van der Waals surface area contributed by atoms with E-state index in [1.165, 1.54) is 5.56 Å². The summed E-state index contributed by atoms with van der Waals surface area (Å²) in [6, 6.07) is 13.7. The molecule has 0 spiro atoms. The summed E-state index contributed by atoms with van der Waals surface area (Å²) in [7, 11) is 0. The summed E-state index contributed by atoms with van der Waals surface area (Å²) >= 11 is 0. The van der Waals surface area contributed by atoms with E-state index in [1.807, 2.05) is 47.4 Å². The molecule has 2 aromatic carbocycles. The molecular formula is C18H20N2O. The second kappa shape index (κ2) is 5.60. The van der Waals surface area contributed by atoms with E-state index >= 15 is 0 Å². The zero-order valence-electron chi connectivity index (χ0n) is 12.3. The van der Waals surface area contributed by atoms with Gasteiger partial charge in [0.2, 0.25) is 0 Å². The minimum atomic E-state index is 0.0955. The number of benzene rings is 2. The van der Waals surface area contributed by atoms with Gasteiger partial charge in [-0.05, 0) is 54.7 Å².